The van der Waals surface area contributed by atoms with Gasteiger partial charge in [0.2, 0.25) is 11.8 Å². The lowest BCUT2D eigenvalue weighted by Crippen LogP contribution is -2.54. The highest BCUT2D eigenvalue weighted by atomic mass is 16.6. The van der Waals surface area contributed by atoms with Crippen LogP contribution in [0.2, 0.25) is 0 Å². The van der Waals surface area contributed by atoms with Crippen LogP contribution >= 0.6 is 0 Å². The lowest BCUT2D eigenvalue weighted by Gasteiger charge is -2.42. The molecule has 9 nitrogen and oxygen atoms in total. The second-order valence-corrected chi connectivity index (χ2v) is 14.9. The summed E-state index contributed by atoms with van der Waals surface area (Å²) < 4.78 is 17.4. The van der Waals surface area contributed by atoms with Gasteiger partial charge in [-0.05, 0) is 77.3 Å². The van der Waals surface area contributed by atoms with E-state index in [4.69, 9.17) is 14.2 Å². The third-order valence-electron chi connectivity index (χ3n) is 9.40. The van der Waals surface area contributed by atoms with Gasteiger partial charge in [-0.2, -0.15) is 0 Å². The maximum atomic E-state index is 14.2. The van der Waals surface area contributed by atoms with Gasteiger partial charge < -0.3 is 29.3 Å². The maximum absolute atomic E-state index is 14.2. The number of fused-ring (bicyclic) bond motifs is 2. The van der Waals surface area contributed by atoms with Crippen molar-refractivity contribution >= 4 is 17.9 Å². The molecule has 9 heteroatoms. The van der Waals surface area contributed by atoms with Gasteiger partial charge >= 0.3 is 6.09 Å². The topological polar surface area (TPSA) is 97.4 Å². The van der Waals surface area contributed by atoms with E-state index in [0.29, 0.717) is 38.6 Å². The second-order valence-electron chi connectivity index (χ2n) is 14.9. The zero-order chi connectivity index (χ0) is 34.9. The number of unbranched alkanes of at least 4 members (excludes halogenated alkanes) is 1. The molecule has 0 aliphatic carbocycles. The Morgan fingerprint density at radius 2 is 1.60 bits per heavy atom. The summed E-state index contributed by atoms with van der Waals surface area (Å²) in [6.07, 6.45) is 4.19. The minimum atomic E-state index is -0.698. The molecule has 2 aromatic carbocycles. The Labute approximate surface area is 287 Å². The molecule has 0 saturated carbocycles. The van der Waals surface area contributed by atoms with Gasteiger partial charge in [0.05, 0.1) is 11.8 Å². The van der Waals surface area contributed by atoms with Crippen LogP contribution in [0.1, 0.15) is 91.2 Å². The van der Waals surface area contributed by atoms with Gasteiger partial charge in [0.25, 0.3) is 0 Å². The Kier molecular flexibility index (Phi) is 12.9. The molecule has 2 aliphatic heterocycles. The number of rotatable bonds is 14. The summed E-state index contributed by atoms with van der Waals surface area (Å²) in [4.78, 5) is 45.1. The van der Waals surface area contributed by atoms with Crippen molar-refractivity contribution in [2.24, 2.45) is 17.8 Å². The number of amides is 3. The Morgan fingerprint density at radius 3 is 2.19 bits per heavy atom. The highest BCUT2D eigenvalue weighted by Gasteiger charge is 2.44. The number of carbonyl (C=O) groups is 3. The molecule has 1 N–H and O–H groups in total. The van der Waals surface area contributed by atoms with Crippen molar-refractivity contribution in [1.82, 2.24) is 15.1 Å². The molecular weight excluding hydrogens is 606 g/mol. The van der Waals surface area contributed by atoms with Crippen LogP contribution in [0.15, 0.2) is 48.5 Å². The molecule has 0 bridgehead atoms. The standard InChI is InChI=1S/C39H57N3O6/c1-8-21-41(22-19-28(2)3)36(44)30-24-29(25-42(26-30)37(45)48-38(4,5)6)35(43)40-27-39(20-13-14-23-46-7)31-15-9-11-17-33(31)47-34-18-12-10-16-32(34)39/h9-12,15-18,28-30H,8,13-14,19-27H2,1-7H3,(H,40,43)/t29-,30+/m0/s1. The molecule has 48 heavy (non-hydrogen) atoms. The van der Waals surface area contributed by atoms with Crippen LogP contribution in [0.25, 0.3) is 0 Å². The monoisotopic (exact) mass is 663 g/mol. The smallest absolute Gasteiger partial charge is 0.410 e. The number of hydrogen-bond acceptors (Lipinski definition) is 6. The van der Waals surface area contributed by atoms with E-state index >= 15 is 0 Å². The number of piperidine rings is 1. The zero-order valence-electron chi connectivity index (χ0n) is 30.2. The molecule has 4 rings (SSSR count). The van der Waals surface area contributed by atoms with Crippen LogP contribution in [0.5, 0.6) is 11.5 Å². The number of carbonyl (C=O) groups excluding carboxylic acids is 3. The Hall–Kier alpha value is -3.59. The summed E-state index contributed by atoms with van der Waals surface area (Å²) in [6, 6.07) is 16.1. The van der Waals surface area contributed by atoms with Crippen LogP contribution in [0.4, 0.5) is 4.79 Å². The van der Waals surface area contributed by atoms with Crippen LogP contribution in [0, 0.1) is 17.8 Å². The van der Waals surface area contributed by atoms with Crippen molar-refractivity contribution < 1.29 is 28.6 Å². The average Bonchev–Trinajstić information content (AvgIpc) is 3.06. The number of benzene rings is 2. The first kappa shape index (κ1) is 37.2. The van der Waals surface area contributed by atoms with Crippen LogP contribution < -0.4 is 10.1 Å². The van der Waals surface area contributed by atoms with Gasteiger partial charge in [-0.15, -0.1) is 0 Å². The van der Waals surface area contributed by atoms with Gasteiger partial charge in [-0.25, -0.2) is 4.79 Å². The molecule has 0 aromatic heterocycles. The van der Waals surface area contributed by atoms with E-state index in [1.165, 1.54) is 0 Å². The summed E-state index contributed by atoms with van der Waals surface area (Å²) in [5.74, 6) is 0.817. The first-order chi connectivity index (χ1) is 22.9. The zero-order valence-corrected chi connectivity index (χ0v) is 30.2. The number of methoxy groups -OCH3 is 1. The molecule has 264 valence electrons. The van der Waals surface area contributed by atoms with Gasteiger partial charge in [0.15, 0.2) is 0 Å². The Balaban J connectivity index is 1.62. The van der Waals surface area contributed by atoms with E-state index in [1.54, 1.807) is 12.0 Å². The molecule has 3 amide bonds. The fourth-order valence-electron chi connectivity index (χ4n) is 6.99. The minimum absolute atomic E-state index is 0.00505. The summed E-state index contributed by atoms with van der Waals surface area (Å²) in [5, 5.41) is 3.32. The lowest BCUT2D eigenvalue weighted by atomic mass is 9.69. The Bertz CT molecular complexity index is 1340. The maximum Gasteiger partial charge on any atom is 0.410 e. The third-order valence-corrected chi connectivity index (χ3v) is 9.40. The van der Waals surface area contributed by atoms with E-state index in [9.17, 15) is 14.4 Å². The SMILES string of the molecule is CCCN(CCC(C)C)C(=O)[C@@H]1C[C@H](C(=O)NCC2(CCCCOC)c3ccccc3Oc3ccccc32)CN(C(=O)OC(C)(C)C)C1. The molecule has 0 spiro atoms. The third kappa shape index (κ3) is 9.30. The quantitative estimate of drug-likeness (QED) is 0.215. The van der Waals surface area contributed by atoms with E-state index in [-0.39, 0.29) is 24.9 Å². The van der Waals surface area contributed by atoms with Crippen LogP contribution in [0.3, 0.4) is 0 Å². The predicted octanol–water partition coefficient (Wildman–Crippen LogP) is 7.17. The molecule has 0 radical (unpaired) electrons. The van der Waals surface area contributed by atoms with Crippen molar-refractivity contribution in [3.8, 4) is 11.5 Å². The van der Waals surface area contributed by atoms with Gasteiger partial charge in [-0.1, -0.05) is 57.2 Å². The summed E-state index contributed by atoms with van der Waals surface area (Å²) in [6.45, 7) is 14.6. The van der Waals surface area contributed by atoms with E-state index in [0.717, 1.165) is 54.7 Å². The molecule has 2 aliphatic rings. The summed E-state index contributed by atoms with van der Waals surface area (Å²) in [5.41, 5.74) is 0.844. The van der Waals surface area contributed by atoms with Gasteiger partial charge in [-0.3, -0.25) is 9.59 Å². The number of ether oxygens (including phenoxy) is 3. The molecule has 0 unspecified atom stereocenters. The minimum Gasteiger partial charge on any atom is -0.457 e. The predicted molar refractivity (Wildman–Crippen MR) is 188 cm³/mol. The molecular formula is C39H57N3O6. The number of nitrogens with one attached hydrogen (secondary N) is 1. The number of hydrogen-bond donors (Lipinski definition) is 1. The van der Waals surface area contributed by atoms with Gasteiger partial charge in [0.1, 0.15) is 17.1 Å². The van der Waals surface area contributed by atoms with E-state index < -0.39 is 28.9 Å². The molecule has 2 heterocycles. The van der Waals surface area contributed by atoms with Crippen molar-refractivity contribution in [1.29, 1.82) is 0 Å². The fraction of sp³-hybridized carbons (Fsp3) is 0.615. The van der Waals surface area contributed by atoms with Crippen molar-refractivity contribution in [3.63, 3.8) is 0 Å². The molecule has 1 fully saturated rings. The van der Waals surface area contributed by atoms with Crippen molar-refractivity contribution in [3.05, 3.63) is 59.7 Å². The molecule has 2 atom stereocenters. The molecule has 2 aromatic rings. The largest absolute Gasteiger partial charge is 0.457 e. The van der Waals surface area contributed by atoms with Crippen molar-refractivity contribution in [2.45, 2.75) is 91.1 Å². The van der Waals surface area contributed by atoms with Gasteiger partial charge in [0, 0.05) is 63.0 Å². The fourth-order valence-corrected chi connectivity index (χ4v) is 6.99. The van der Waals surface area contributed by atoms with Crippen LogP contribution in [-0.4, -0.2) is 79.7 Å². The normalized spacial score (nSPS) is 18.4. The number of nitrogens with zero attached hydrogens (tertiary/aromatic N) is 2. The first-order valence-electron chi connectivity index (χ1n) is 17.8. The van der Waals surface area contributed by atoms with E-state index in [1.807, 2.05) is 62.1 Å². The average molecular weight is 664 g/mol. The summed E-state index contributed by atoms with van der Waals surface area (Å²) >= 11 is 0. The van der Waals surface area contributed by atoms with Crippen LogP contribution in [-0.2, 0) is 24.5 Å². The summed E-state index contributed by atoms with van der Waals surface area (Å²) in [7, 11) is 1.71. The highest BCUT2D eigenvalue weighted by molar-refractivity contribution is 5.84. The van der Waals surface area contributed by atoms with Crippen molar-refractivity contribution in [2.75, 3.05) is 46.4 Å². The number of para-hydroxylation sites is 2. The Morgan fingerprint density at radius 1 is 0.979 bits per heavy atom. The molecule has 1 saturated heterocycles. The first-order valence-corrected chi connectivity index (χ1v) is 17.8. The number of likely N-dealkylation sites (tertiary alicyclic amines) is 1. The lowest BCUT2D eigenvalue weighted by molar-refractivity contribution is -0.139. The highest BCUT2D eigenvalue weighted by Crippen LogP contribution is 2.50. The van der Waals surface area contributed by atoms with E-state index in [2.05, 4.69) is 38.2 Å². The second kappa shape index (κ2) is 16.7.